The van der Waals surface area contributed by atoms with Gasteiger partial charge in [0.2, 0.25) is 0 Å². The first-order valence-corrected chi connectivity index (χ1v) is 25.7. The van der Waals surface area contributed by atoms with Crippen LogP contribution in [0.2, 0.25) is 0 Å². The molecule has 0 heterocycles. The molecule has 0 aromatic heterocycles. The summed E-state index contributed by atoms with van der Waals surface area (Å²) in [7, 11) is 4.40. The number of aliphatic carboxylic acids is 2. The van der Waals surface area contributed by atoms with E-state index in [9.17, 15) is 24.0 Å². The maximum atomic E-state index is 10.6. The highest BCUT2D eigenvalue weighted by molar-refractivity contribution is 5.75. The molecule has 0 atom stereocenters. The van der Waals surface area contributed by atoms with Crippen LogP contribution in [0.3, 0.4) is 0 Å². The van der Waals surface area contributed by atoms with Crippen LogP contribution in [0.5, 0.6) is 0 Å². The van der Waals surface area contributed by atoms with Crippen LogP contribution in [-0.2, 0) is 47.7 Å². The van der Waals surface area contributed by atoms with Gasteiger partial charge in [-0.25, -0.2) is 0 Å². The van der Waals surface area contributed by atoms with Crippen LogP contribution in [0.4, 0.5) is 0 Å². The van der Waals surface area contributed by atoms with Crippen molar-refractivity contribution >= 4 is 35.8 Å². The number of methoxy groups -OCH3 is 1. The molecular weight excluding hydrogens is 905 g/mol. The molecule has 0 aliphatic heterocycles. The lowest BCUT2D eigenvalue weighted by Gasteiger charge is -2.13. The van der Waals surface area contributed by atoms with Crippen molar-refractivity contribution < 1.29 is 78.4 Å². The third-order valence-corrected chi connectivity index (χ3v) is 2.48. The zero-order valence-electron chi connectivity index (χ0n) is 55.6. The van der Waals surface area contributed by atoms with Crippen molar-refractivity contribution in [3.05, 3.63) is 0 Å². The van der Waals surface area contributed by atoms with E-state index >= 15 is 0 Å². The van der Waals surface area contributed by atoms with Gasteiger partial charge in [-0.3, -0.25) is 28.8 Å². The van der Waals surface area contributed by atoms with Gasteiger partial charge in [0, 0.05) is 55.6 Å². The average Bonchev–Trinajstić information content (AvgIpc) is 3.38. The first-order valence-electron chi connectivity index (χ1n) is 25.7. The highest BCUT2D eigenvalue weighted by Gasteiger charge is 2.21. The second kappa shape index (κ2) is 229. The number of hydrogen-bond acceptors (Lipinski definition) is 14. The van der Waals surface area contributed by atoms with Crippen molar-refractivity contribution in [1.29, 1.82) is 0 Å². The molecule has 70 heavy (non-hydrogen) atoms. The molecule has 0 bridgehead atoms. The molecule has 0 fully saturated rings. The van der Waals surface area contributed by atoms with Gasteiger partial charge in [0.1, 0.15) is 0 Å². The Morgan fingerprint density at radius 2 is 0.457 bits per heavy atom. The maximum absolute atomic E-state index is 10.6. The largest absolute Gasteiger partial charge is 0.481 e. The number of carbonyl (C=O) groups excluding carboxylic acids is 4. The molecule has 16 heteroatoms. The standard InChI is InChI=1S/C6H12O2.C5H10O2.3C4H8O2.C2H4O2.C2H6O.12C2H6.3CH4O/c1-6(2,3)5(7)8-4;1-5(2,3)4(6)7;3*1-3-6-4(2)5;1-2(3)4;1-2-3;15*1-2/h1-4H3;1-3H3,(H,6,7);3*3H2,1-2H3;1H3,(H,3,4);3H,2H2,1H3;12*1-2H3;3*2H,1H3. The summed E-state index contributed by atoms with van der Waals surface area (Å²) in [5, 5.41) is 44.2. The van der Waals surface area contributed by atoms with Crippen LogP contribution < -0.4 is 0 Å². The van der Waals surface area contributed by atoms with Crippen LogP contribution in [0.25, 0.3) is 0 Å². The SMILES string of the molecule is CC.CC.CC.CC.CC.CC.CC.CC.CC.CC.CC.CC.CC(=O)O.CC(C)(C)C(=O)O.CCO.CCOC(C)=O.CCOC(C)=O.CCOC(C)=O.CO.CO.CO.COC(=O)C(C)(C)C. The summed E-state index contributed by atoms with van der Waals surface area (Å²) in [5.74, 6) is -2.39. The molecule has 16 nitrogen and oxygen atoms in total. The normalized spacial score (nSPS) is 6.26. The molecular formula is C54H140O16. The number of carboxylic acids is 2. The zero-order valence-corrected chi connectivity index (χ0v) is 55.6. The number of esters is 4. The molecule has 0 saturated carbocycles. The molecule has 0 amide bonds. The van der Waals surface area contributed by atoms with Crippen molar-refractivity contribution in [2.24, 2.45) is 10.8 Å². The second-order valence-corrected chi connectivity index (χ2v) is 8.91. The number of carboxylic acid groups (broad SMARTS) is 2. The van der Waals surface area contributed by atoms with Crippen LogP contribution in [0, 0.1) is 10.8 Å². The van der Waals surface area contributed by atoms with E-state index < -0.39 is 17.4 Å². The second-order valence-electron chi connectivity index (χ2n) is 8.91. The molecule has 0 aromatic carbocycles. The first-order chi connectivity index (χ1) is 32.9. The Morgan fingerprint density at radius 3 is 0.457 bits per heavy atom. The predicted octanol–water partition coefficient (Wildman–Crippen LogP) is 15.3. The Bertz CT molecular complexity index is 620. The van der Waals surface area contributed by atoms with Gasteiger partial charge in [-0.2, -0.15) is 0 Å². The molecule has 0 unspecified atom stereocenters. The van der Waals surface area contributed by atoms with E-state index in [0.29, 0.717) is 19.8 Å². The van der Waals surface area contributed by atoms with Gasteiger partial charge in [-0.05, 0) is 69.2 Å². The summed E-state index contributed by atoms with van der Waals surface area (Å²) in [5.41, 5.74) is -0.936. The Kier molecular flexibility index (Phi) is 470. The minimum Gasteiger partial charge on any atom is -0.481 e. The van der Waals surface area contributed by atoms with E-state index in [0.717, 1.165) is 28.3 Å². The molecule has 0 spiro atoms. The number of aliphatic hydroxyl groups excluding tert-OH is 4. The molecule has 0 aliphatic carbocycles. The Labute approximate surface area is 441 Å². The average molecular weight is 1050 g/mol. The number of ether oxygens (including phenoxy) is 4. The fraction of sp³-hybridized carbons (Fsp3) is 0.889. The van der Waals surface area contributed by atoms with Crippen molar-refractivity contribution in [3.63, 3.8) is 0 Å². The Morgan fingerprint density at radius 1 is 0.357 bits per heavy atom. The third kappa shape index (κ3) is 678. The quantitative estimate of drug-likeness (QED) is 0.113. The summed E-state index contributed by atoms with van der Waals surface area (Å²) >= 11 is 0. The smallest absolute Gasteiger partial charge is 0.310 e. The highest BCUT2D eigenvalue weighted by Crippen LogP contribution is 2.13. The van der Waals surface area contributed by atoms with Gasteiger partial charge in [0.15, 0.2) is 0 Å². The zero-order chi connectivity index (χ0) is 64.1. The lowest BCUT2D eigenvalue weighted by atomic mass is 9.98. The van der Waals surface area contributed by atoms with Crippen molar-refractivity contribution in [1.82, 2.24) is 0 Å². The highest BCUT2D eigenvalue weighted by atomic mass is 16.5. The monoisotopic (exact) mass is 1050 g/mol. The van der Waals surface area contributed by atoms with E-state index in [1.165, 1.54) is 27.9 Å². The maximum Gasteiger partial charge on any atom is 0.310 e. The number of rotatable bonds is 3. The van der Waals surface area contributed by atoms with Crippen molar-refractivity contribution in [3.8, 4) is 0 Å². The van der Waals surface area contributed by atoms with Gasteiger partial charge in [-0.1, -0.05) is 166 Å². The van der Waals surface area contributed by atoms with Crippen molar-refractivity contribution in [2.75, 3.05) is 54.9 Å². The van der Waals surface area contributed by atoms with Crippen LogP contribution in [-0.4, -0.2) is 121 Å². The topological polar surface area (TPSA) is 261 Å². The van der Waals surface area contributed by atoms with Gasteiger partial charge in [-0.15, -0.1) is 0 Å². The lowest BCUT2D eigenvalue weighted by molar-refractivity contribution is -0.149. The molecule has 0 saturated heterocycles. The molecule has 0 rings (SSSR count). The number of hydrogen-bond donors (Lipinski definition) is 6. The van der Waals surface area contributed by atoms with Crippen LogP contribution in [0.1, 0.15) is 263 Å². The molecule has 0 aromatic rings. The summed E-state index contributed by atoms with van der Waals surface area (Å²) < 4.78 is 17.7. The first kappa shape index (κ1) is 144. The van der Waals surface area contributed by atoms with Crippen LogP contribution in [0.15, 0.2) is 0 Å². The Balaban J connectivity index is -0.0000000177. The van der Waals surface area contributed by atoms with E-state index in [4.69, 9.17) is 35.4 Å². The minimum atomic E-state index is -0.833. The molecule has 0 aliphatic rings. The van der Waals surface area contributed by atoms with E-state index in [2.05, 4.69) is 18.9 Å². The van der Waals surface area contributed by atoms with E-state index in [1.807, 2.05) is 187 Å². The number of aliphatic hydroxyl groups is 4. The van der Waals surface area contributed by atoms with Crippen molar-refractivity contribution in [2.45, 2.75) is 263 Å². The van der Waals surface area contributed by atoms with E-state index in [1.54, 1.807) is 48.5 Å². The summed E-state index contributed by atoms with van der Waals surface area (Å²) in [4.78, 5) is 59.1. The predicted molar refractivity (Wildman–Crippen MR) is 312 cm³/mol. The molecule has 452 valence electrons. The fourth-order valence-corrected chi connectivity index (χ4v) is 0.916. The summed E-state index contributed by atoms with van der Waals surface area (Å²) in [6.07, 6.45) is 0. The molecule has 0 radical (unpaired) electrons. The number of carbonyl (C=O) groups is 6. The summed E-state index contributed by atoms with van der Waals surface area (Å²) in [6.45, 7) is 72.4. The van der Waals surface area contributed by atoms with Gasteiger partial charge < -0.3 is 49.6 Å². The van der Waals surface area contributed by atoms with Crippen LogP contribution >= 0.6 is 0 Å². The van der Waals surface area contributed by atoms with Gasteiger partial charge in [0.05, 0.1) is 37.8 Å². The lowest BCUT2D eigenvalue weighted by Crippen LogP contribution is -2.21. The molecule has 6 N–H and O–H groups in total. The Hall–Kier alpha value is -3.34. The van der Waals surface area contributed by atoms with E-state index in [-0.39, 0.29) is 35.9 Å². The van der Waals surface area contributed by atoms with Gasteiger partial charge in [0.25, 0.3) is 5.97 Å². The van der Waals surface area contributed by atoms with Gasteiger partial charge >= 0.3 is 29.8 Å². The summed E-state index contributed by atoms with van der Waals surface area (Å²) in [6, 6.07) is 0. The fourth-order valence-electron chi connectivity index (χ4n) is 0.916. The third-order valence-electron chi connectivity index (χ3n) is 2.48. The minimum absolute atomic E-state index is 0.169.